The molecule has 3 aromatic rings. The maximum Gasteiger partial charge on any atom is 0.122 e. The van der Waals surface area contributed by atoms with Gasteiger partial charge in [0.25, 0.3) is 0 Å². The minimum absolute atomic E-state index is 0.893. The molecule has 1 radical (unpaired) electrons. The summed E-state index contributed by atoms with van der Waals surface area (Å²) in [6, 6.07) is 4.01. The fraction of sp³-hybridized carbons (Fsp3) is 0.167. The lowest BCUT2D eigenvalue weighted by atomic mass is 10.1. The molecular formula is C12H10N5. The SMILES string of the molecule is Cc1cnn(-c2cc3cnn[c]c3cc2C)n1. The number of benzene rings is 1. The van der Waals surface area contributed by atoms with Crippen LogP contribution < -0.4 is 0 Å². The second-order valence-corrected chi connectivity index (χ2v) is 3.96. The highest BCUT2D eigenvalue weighted by molar-refractivity contribution is 5.83. The molecule has 5 nitrogen and oxygen atoms in total. The molecule has 0 N–H and O–H groups in total. The van der Waals surface area contributed by atoms with Crippen LogP contribution in [0.15, 0.2) is 24.5 Å². The summed E-state index contributed by atoms with van der Waals surface area (Å²) in [5, 5.41) is 18.0. The maximum atomic E-state index is 4.31. The first-order chi connectivity index (χ1) is 8.24. The van der Waals surface area contributed by atoms with Crippen LogP contribution in [-0.4, -0.2) is 25.2 Å². The summed E-state index contributed by atoms with van der Waals surface area (Å²) in [5.41, 5.74) is 2.92. The molecular weight excluding hydrogens is 214 g/mol. The highest BCUT2D eigenvalue weighted by atomic mass is 15.5. The van der Waals surface area contributed by atoms with Crippen LogP contribution in [0.3, 0.4) is 0 Å². The summed E-state index contributed by atoms with van der Waals surface area (Å²) in [5.74, 6) is 0. The first kappa shape index (κ1) is 9.89. The Morgan fingerprint density at radius 2 is 2.06 bits per heavy atom. The molecule has 1 aromatic carbocycles. The van der Waals surface area contributed by atoms with Gasteiger partial charge in [0.1, 0.15) is 6.20 Å². The lowest BCUT2D eigenvalue weighted by Gasteiger charge is -2.05. The van der Waals surface area contributed by atoms with Crippen molar-refractivity contribution in [3.63, 3.8) is 0 Å². The van der Waals surface area contributed by atoms with Crippen molar-refractivity contribution < 1.29 is 0 Å². The molecule has 0 amide bonds. The minimum atomic E-state index is 0.893. The van der Waals surface area contributed by atoms with Crippen LogP contribution in [0.4, 0.5) is 0 Å². The van der Waals surface area contributed by atoms with Gasteiger partial charge in [0.15, 0.2) is 0 Å². The van der Waals surface area contributed by atoms with E-state index in [0.29, 0.717) is 0 Å². The largest absolute Gasteiger partial charge is 0.158 e. The lowest BCUT2D eigenvalue weighted by molar-refractivity contribution is 0.742. The molecule has 0 unspecified atom stereocenters. The normalized spacial score (nSPS) is 10.9. The van der Waals surface area contributed by atoms with Crippen molar-refractivity contribution in [2.24, 2.45) is 0 Å². The number of hydrogen-bond donors (Lipinski definition) is 0. The minimum Gasteiger partial charge on any atom is -0.158 e. The average Bonchev–Trinajstić information content (AvgIpc) is 2.75. The van der Waals surface area contributed by atoms with Gasteiger partial charge in [0.05, 0.1) is 23.8 Å². The molecule has 0 spiro atoms. The van der Waals surface area contributed by atoms with Gasteiger partial charge in [-0.3, -0.25) is 0 Å². The average molecular weight is 224 g/mol. The molecule has 0 atom stereocenters. The summed E-state index contributed by atoms with van der Waals surface area (Å²) in [6.07, 6.45) is 6.31. The highest BCUT2D eigenvalue weighted by Gasteiger charge is 2.06. The van der Waals surface area contributed by atoms with E-state index in [1.54, 1.807) is 17.2 Å². The first-order valence-electron chi connectivity index (χ1n) is 5.27. The van der Waals surface area contributed by atoms with E-state index >= 15 is 0 Å². The molecule has 17 heavy (non-hydrogen) atoms. The van der Waals surface area contributed by atoms with Crippen LogP contribution in [0.1, 0.15) is 11.3 Å². The Hall–Kier alpha value is -2.30. The van der Waals surface area contributed by atoms with Crippen molar-refractivity contribution in [2.75, 3.05) is 0 Å². The number of rotatable bonds is 1. The zero-order valence-corrected chi connectivity index (χ0v) is 9.55. The second kappa shape index (κ2) is 3.62. The summed E-state index contributed by atoms with van der Waals surface area (Å²) in [6.45, 7) is 3.93. The number of fused-ring (bicyclic) bond motifs is 1. The van der Waals surface area contributed by atoms with Crippen LogP contribution in [0.2, 0.25) is 0 Å². The van der Waals surface area contributed by atoms with Crippen LogP contribution in [0, 0.1) is 20.0 Å². The standard InChI is InChI=1S/C12H10N5/c1-8-3-10-6-13-14-7-11(10)4-12(8)17-15-5-9(2)16-17/h3-5,7H,1-2H3. The zero-order valence-electron chi connectivity index (χ0n) is 9.55. The van der Waals surface area contributed by atoms with E-state index in [4.69, 9.17) is 0 Å². The van der Waals surface area contributed by atoms with Crippen LogP contribution >= 0.6 is 0 Å². The number of aromatic nitrogens is 5. The molecule has 83 valence electrons. The van der Waals surface area contributed by atoms with Gasteiger partial charge in [0.2, 0.25) is 0 Å². The molecule has 0 fully saturated rings. The molecule has 0 aliphatic heterocycles. The molecule has 0 bridgehead atoms. The Bertz CT molecular complexity index is 686. The second-order valence-electron chi connectivity index (χ2n) is 3.96. The van der Waals surface area contributed by atoms with E-state index in [0.717, 1.165) is 27.7 Å². The molecule has 5 heteroatoms. The van der Waals surface area contributed by atoms with E-state index < -0.39 is 0 Å². The summed E-state index contributed by atoms with van der Waals surface area (Å²) in [4.78, 5) is 1.63. The molecule has 0 saturated carbocycles. The molecule has 3 rings (SSSR count). The van der Waals surface area contributed by atoms with E-state index in [2.05, 4.69) is 26.6 Å². The Labute approximate surface area is 98.1 Å². The maximum absolute atomic E-state index is 4.31. The molecule has 0 saturated heterocycles. The number of aryl methyl sites for hydroxylation is 2. The van der Waals surface area contributed by atoms with E-state index in [1.807, 2.05) is 26.0 Å². The Kier molecular flexibility index (Phi) is 2.11. The smallest absolute Gasteiger partial charge is 0.122 e. The fourth-order valence-corrected chi connectivity index (χ4v) is 1.76. The van der Waals surface area contributed by atoms with E-state index in [1.165, 1.54) is 0 Å². The van der Waals surface area contributed by atoms with Gasteiger partial charge in [-0.15, -0.1) is 5.10 Å². The van der Waals surface area contributed by atoms with Gasteiger partial charge in [-0.1, -0.05) is 0 Å². The molecule has 2 heterocycles. The topological polar surface area (TPSA) is 56.5 Å². The van der Waals surface area contributed by atoms with Gasteiger partial charge in [-0.05, 0) is 31.5 Å². The van der Waals surface area contributed by atoms with Crippen LogP contribution in [0.5, 0.6) is 0 Å². The van der Waals surface area contributed by atoms with Crippen molar-refractivity contribution in [3.8, 4) is 5.69 Å². The Morgan fingerprint density at radius 3 is 2.82 bits per heavy atom. The van der Waals surface area contributed by atoms with Crippen molar-refractivity contribution in [1.29, 1.82) is 0 Å². The van der Waals surface area contributed by atoms with Crippen LogP contribution in [-0.2, 0) is 0 Å². The summed E-state index contributed by atoms with van der Waals surface area (Å²) in [7, 11) is 0. The van der Waals surface area contributed by atoms with E-state index in [-0.39, 0.29) is 0 Å². The van der Waals surface area contributed by atoms with Crippen molar-refractivity contribution in [1.82, 2.24) is 25.2 Å². The van der Waals surface area contributed by atoms with E-state index in [9.17, 15) is 0 Å². The molecule has 0 aliphatic rings. The van der Waals surface area contributed by atoms with Crippen LogP contribution in [0.25, 0.3) is 16.5 Å². The monoisotopic (exact) mass is 224 g/mol. The third-order valence-corrected chi connectivity index (χ3v) is 2.61. The third-order valence-electron chi connectivity index (χ3n) is 2.61. The predicted octanol–water partition coefficient (Wildman–Crippen LogP) is 1.63. The summed E-state index contributed by atoms with van der Waals surface area (Å²) >= 11 is 0. The third kappa shape index (κ3) is 1.65. The quantitative estimate of drug-likeness (QED) is 0.630. The van der Waals surface area contributed by atoms with Crippen molar-refractivity contribution >= 4 is 10.8 Å². The van der Waals surface area contributed by atoms with Gasteiger partial charge in [-0.25, -0.2) is 0 Å². The lowest BCUT2D eigenvalue weighted by Crippen LogP contribution is -2.01. The van der Waals surface area contributed by atoms with Gasteiger partial charge in [0, 0.05) is 10.8 Å². The number of nitrogens with zero attached hydrogens (tertiary/aromatic N) is 5. The van der Waals surface area contributed by atoms with Gasteiger partial charge >= 0.3 is 0 Å². The Balaban J connectivity index is 2.26. The van der Waals surface area contributed by atoms with Crippen molar-refractivity contribution in [2.45, 2.75) is 13.8 Å². The first-order valence-corrected chi connectivity index (χ1v) is 5.27. The zero-order chi connectivity index (χ0) is 11.8. The molecule has 0 aliphatic carbocycles. The Morgan fingerprint density at radius 1 is 1.18 bits per heavy atom. The highest BCUT2D eigenvalue weighted by Crippen LogP contribution is 2.20. The summed E-state index contributed by atoms with van der Waals surface area (Å²) < 4.78 is 0. The fourth-order valence-electron chi connectivity index (χ4n) is 1.76. The number of hydrogen-bond acceptors (Lipinski definition) is 4. The van der Waals surface area contributed by atoms with Crippen molar-refractivity contribution in [3.05, 3.63) is 42.0 Å². The predicted molar refractivity (Wildman–Crippen MR) is 62.8 cm³/mol. The van der Waals surface area contributed by atoms with Gasteiger partial charge < -0.3 is 0 Å². The molecule has 2 aromatic heterocycles. The van der Waals surface area contributed by atoms with Gasteiger partial charge in [-0.2, -0.15) is 20.1 Å².